The van der Waals surface area contributed by atoms with E-state index in [-0.39, 0.29) is 0 Å². The molecule has 2 heterocycles. The second-order valence-electron chi connectivity index (χ2n) is 4.05. The summed E-state index contributed by atoms with van der Waals surface area (Å²) in [5, 5.41) is 0.959. The lowest BCUT2D eigenvalue weighted by Crippen LogP contribution is -1.92. The Balaban J connectivity index is 2.11. The summed E-state index contributed by atoms with van der Waals surface area (Å²) in [4.78, 5) is 8.51. The highest BCUT2D eigenvalue weighted by atomic mass is 35.5. The van der Waals surface area contributed by atoms with Crippen molar-refractivity contribution in [3.05, 3.63) is 60.6 Å². The Bertz CT molecular complexity index is 701. The topological polar surface area (TPSA) is 35.0 Å². The average Bonchev–Trinajstić information content (AvgIpc) is 2.48. The molecule has 0 fully saturated rings. The van der Waals surface area contributed by atoms with Crippen LogP contribution < -0.4 is 4.74 Å². The quantitative estimate of drug-likeness (QED) is 0.670. The van der Waals surface area contributed by atoms with Crippen molar-refractivity contribution in [2.24, 2.45) is 0 Å². The van der Waals surface area contributed by atoms with E-state index in [1.807, 2.05) is 42.5 Å². The van der Waals surface area contributed by atoms with E-state index in [9.17, 15) is 0 Å². The van der Waals surface area contributed by atoms with Gasteiger partial charge in [0.05, 0.1) is 23.3 Å². The summed E-state index contributed by atoms with van der Waals surface area (Å²) in [6.45, 7) is 0. The molecule has 0 saturated carbocycles. The molecular formula is C15H11ClN2O. The van der Waals surface area contributed by atoms with Gasteiger partial charge in [-0.2, -0.15) is 0 Å². The highest BCUT2D eigenvalue weighted by molar-refractivity contribution is 6.17. The van der Waals surface area contributed by atoms with Crippen LogP contribution in [0.1, 0.15) is 5.69 Å². The third kappa shape index (κ3) is 2.51. The minimum Gasteiger partial charge on any atom is -0.455 e. The summed E-state index contributed by atoms with van der Waals surface area (Å²) >= 11 is 5.87. The molecule has 3 nitrogen and oxygen atoms in total. The van der Waals surface area contributed by atoms with Crippen molar-refractivity contribution in [2.75, 3.05) is 0 Å². The Morgan fingerprint density at radius 3 is 2.79 bits per heavy atom. The molecule has 0 amide bonds. The monoisotopic (exact) mass is 270 g/mol. The number of hydrogen-bond donors (Lipinski definition) is 0. The van der Waals surface area contributed by atoms with Crippen LogP contribution in [-0.2, 0) is 5.88 Å². The fraction of sp³-hybridized carbons (Fsp3) is 0.0667. The fourth-order valence-corrected chi connectivity index (χ4v) is 2.02. The van der Waals surface area contributed by atoms with Crippen LogP contribution in [0.25, 0.3) is 10.9 Å². The van der Waals surface area contributed by atoms with Crippen LogP contribution in [0.5, 0.6) is 11.5 Å². The lowest BCUT2D eigenvalue weighted by molar-refractivity contribution is 0.485. The largest absolute Gasteiger partial charge is 0.455 e. The molecule has 3 aromatic rings. The van der Waals surface area contributed by atoms with Crippen molar-refractivity contribution >= 4 is 22.5 Å². The van der Waals surface area contributed by atoms with Crippen LogP contribution in [0.4, 0.5) is 0 Å². The van der Waals surface area contributed by atoms with E-state index < -0.39 is 0 Å². The third-order valence-corrected chi connectivity index (χ3v) is 3.00. The zero-order valence-corrected chi connectivity index (χ0v) is 10.8. The van der Waals surface area contributed by atoms with Gasteiger partial charge >= 0.3 is 0 Å². The first-order valence-corrected chi connectivity index (χ1v) is 6.43. The van der Waals surface area contributed by atoms with Gasteiger partial charge in [0.1, 0.15) is 11.5 Å². The van der Waals surface area contributed by atoms with Gasteiger partial charge in [0.25, 0.3) is 0 Å². The number of para-hydroxylation sites is 1. The predicted octanol–water partition coefficient (Wildman–Crippen LogP) is 4.16. The van der Waals surface area contributed by atoms with Gasteiger partial charge in [-0.25, -0.2) is 0 Å². The Kier molecular flexibility index (Phi) is 3.29. The molecule has 3 rings (SSSR count). The van der Waals surface area contributed by atoms with Crippen LogP contribution in [0.2, 0.25) is 0 Å². The number of fused-ring (bicyclic) bond motifs is 1. The third-order valence-electron chi connectivity index (χ3n) is 2.73. The van der Waals surface area contributed by atoms with Crippen LogP contribution >= 0.6 is 11.6 Å². The minimum absolute atomic E-state index is 0.355. The molecule has 0 aliphatic heterocycles. The lowest BCUT2D eigenvalue weighted by Gasteiger charge is -2.09. The Labute approximate surface area is 115 Å². The van der Waals surface area contributed by atoms with Crippen LogP contribution in [0, 0.1) is 0 Å². The number of benzene rings is 1. The normalized spacial score (nSPS) is 10.6. The molecule has 0 aliphatic rings. The smallest absolute Gasteiger partial charge is 0.145 e. The average molecular weight is 271 g/mol. The predicted molar refractivity (Wildman–Crippen MR) is 75.6 cm³/mol. The van der Waals surface area contributed by atoms with Crippen molar-refractivity contribution < 1.29 is 4.74 Å². The number of halogens is 1. The summed E-state index contributed by atoms with van der Waals surface area (Å²) in [7, 11) is 0. The highest BCUT2D eigenvalue weighted by Crippen LogP contribution is 2.29. The van der Waals surface area contributed by atoms with Gasteiger partial charge in [-0.15, -0.1) is 11.6 Å². The van der Waals surface area contributed by atoms with E-state index in [0.29, 0.717) is 11.6 Å². The van der Waals surface area contributed by atoms with Crippen LogP contribution in [0.15, 0.2) is 54.9 Å². The lowest BCUT2D eigenvalue weighted by atomic mass is 10.2. The van der Waals surface area contributed by atoms with Gasteiger partial charge in [-0.05, 0) is 24.3 Å². The van der Waals surface area contributed by atoms with Crippen molar-refractivity contribution in [3.63, 3.8) is 0 Å². The number of alkyl halides is 1. The Morgan fingerprint density at radius 1 is 1.11 bits per heavy atom. The van der Waals surface area contributed by atoms with E-state index in [0.717, 1.165) is 22.3 Å². The first kappa shape index (κ1) is 11.9. The van der Waals surface area contributed by atoms with Gasteiger partial charge in [0.2, 0.25) is 0 Å². The van der Waals surface area contributed by atoms with E-state index >= 15 is 0 Å². The van der Waals surface area contributed by atoms with Gasteiger partial charge in [0.15, 0.2) is 0 Å². The number of rotatable bonds is 3. The molecule has 2 aromatic heterocycles. The maximum atomic E-state index is 5.87. The molecule has 1 aromatic carbocycles. The van der Waals surface area contributed by atoms with Gasteiger partial charge in [-0.1, -0.05) is 12.1 Å². The molecule has 0 atom stereocenters. The number of aromatic nitrogens is 2. The molecule has 94 valence electrons. The maximum absolute atomic E-state index is 5.87. The molecule has 0 bridgehead atoms. The number of hydrogen-bond acceptors (Lipinski definition) is 3. The van der Waals surface area contributed by atoms with E-state index in [1.54, 1.807) is 12.4 Å². The van der Waals surface area contributed by atoms with Crippen molar-refractivity contribution in [1.82, 2.24) is 9.97 Å². The van der Waals surface area contributed by atoms with E-state index in [1.165, 1.54) is 0 Å². The van der Waals surface area contributed by atoms with E-state index in [4.69, 9.17) is 16.3 Å². The molecule has 0 N–H and O–H groups in total. The summed E-state index contributed by atoms with van der Waals surface area (Å²) in [6.07, 6.45) is 3.39. The molecule has 0 radical (unpaired) electrons. The first-order chi connectivity index (χ1) is 9.36. The maximum Gasteiger partial charge on any atom is 0.145 e. The highest BCUT2D eigenvalue weighted by Gasteiger charge is 2.07. The van der Waals surface area contributed by atoms with Crippen LogP contribution in [-0.4, -0.2) is 9.97 Å². The number of pyridine rings is 2. The standard InChI is InChI=1S/C15H11ClN2O/c16-9-11-8-15(19-12-4-3-7-17-10-12)13-5-1-2-6-14(13)18-11/h1-8,10H,9H2. The summed E-state index contributed by atoms with van der Waals surface area (Å²) in [5.74, 6) is 1.79. The van der Waals surface area contributed by atoms with E-state index in [2.05, 4.69) is 9.97 Å². The SMILES string of the molecule is ClCc1cc(Oc2cccnc2)c2ccccc2n1. The van der Waals surface area contributed by atoms with Gasteiger partial charge < -0.3 is 4.74 Å². The number of ether oxygens (including phenoxy) is 1. The molecular weight excluding hydrogens is 260 g/mol. The summed E-state index contributed by atoms with van der Waals surface area (Å²) in [5.41, 5.74) is 1.67. The molecule has 0 unspecified atom stereocenters. The number of nitrogens with zero attached hydrogens (tertiary/aromatic N) is 2. The summed E-state index contributed by atoms with van der Waals surface area (Å²) < 4.78 is 5.87. The van der Waals surface area contributed by atoms with Crippen molar-refractivity contribution in [1.29, 1.82) is 0 Å². The molecule has 19 heavy (non-hydrogen) atoms. The fourth-order valence-electron chi connectivity index (χ4n) is 1.88. The molecule has 4 heteroatoms. The molecule has 0 spiro atoms. The second-order valence-corrected chi connectivity index (χ2v) is 4.32. The Hall–Kier alpha value is -2.13. The van der Waals surface area contributed by atoms with Crippen molar-refractivity contribution in [2.45, 2.75) is 5.88 Å². The van der Waals surface area contributed by atoms with Gasteiger partial charge in [0, 0.05) is 17.6 Å². The Morgan fingerprint density at radius 2 is 2.00 bits per heavy atom. The van der Waals surface area contributed by atoms with Crippen LogP contribution in [0.3, 0.4) is 0 Å². The van der Waals surface area contributed by atoms with Gasteiger partial charge in [-0.3, -0.25) is 9.97 Å². The summed E-state index contributed by atoms with van der Waals surface area (Å²) in [6, 6.07) is 13.4. The zero-order chi connectivity index (χ0) is 13.1. The second kappa shape index (κ2) is 5.24. The zero-order valence-electron chi connectivity index (χ0n) is 10.1. The van der Waals surface area contributed by atoms with Crippen molar-refractivity contribution in [3.8, 4) is 11.5 Å². The first-order valence-electron chi connectivity index (χ1n) is 5.89. The molecule has 0 aliphatic carbocycles. The minimum atomic E-state index is 0.355. The molecule has 0 saturated heterocycles.